The van der Waals surface area contributed by atoms with Crippen molar-refractivity contribution < 1.29 is 4.74 Å². The molecule has 2 aromatic rings. The molecule has 0 spiro atoms. The predicted molar refractivity (Wildman–Crippen MR) is 78.1 cm³/mol. The maximum Gasteiger partial charge on any atom is 0.226 e. The van der Waals surface area contributed by atoms with Crippen molar-refractivity contribution in [1.82, 2.24) is 19.9 Å². The van der Waals surface area contributed by atoms with Crippen LogP contribution in [0.25, 0.3) is 11.2 Å². The summed E-state index contributed by atoms with van der Waals surface area (Å²) in [5.41, 5.74) is 1.59. The summed E-state index contributed by atoms with van der Waals surface area (Å²) in [6.45, 7) is 7.44. The average molecular weight is 276 g/mol. The molecule has 7 nitrogen and oxygen atoms in total. The highest BCUT2D eigenvalue weighted by atomic mass is 16.5. The summed E-state index contributed by atoms with van der Waals surface area (Å²) in [6, 6.07) is 0. The van der Waals surface area contributed by atoms with Crippen LogP contribution in [0.15, 0.2) is 6.33 Å². The van der Waals surface area contributed by atoms with Crippen LogP contribution in [0.3, 0.4) is 0 Å². The van der Waals surface area contributed by atoms with E-state index in [1.165, 1.54) is 0 Å². The van der Waals surface area contributed by atoms with Gasteiger partial charge in [-0.15, -0.1) is 0 Å². The molecule has 20 heavy (non-hydrogen) atoms. The van der Waals surface area contributed by atoms with E-state index in [-0.39, 0.29) is 6.10 Å². The SMILES string of the molecule is CCCNc1nc(N2CCOC(C)C2)c2[nH]cnc2n1. The van der Waals surface area contributed by atoms with Gasteiger partial charge in [0.15, 0.2) is 11.5 Å². The number of H-pyrrole nitrogens is 1. The van der Waals surface area contributed by atoms with Gasteiger partial charge < -0.3 is 19.9 Å². The minimum Gasteiger partial charge on any atom is -0.375 e. The molecular formula is C13H20N6O. The van der Waals surface area contributed by atoms with Gasteiger partial charge in [0.1, 0.15) is 5.52 Å². The van der Waals surface area contributed by atoms with E-state index in [1.807, 2.05) is 0 Å². The largest absolute Gasteiger partial charge is 0.375 e. The fourth-order valence-electron chi connectivity index (χ4n) is 2.37. The van der Waals surface area contributed by atoms with E-state index in [4.69, 9.17) is 4.74 Å². The van der Waals surface area contributed by atoms with Crippen LogP contribution in [-0.2, 0) is 4.74 Å². The van der Waals surface area contributed by atoms with Crippen LogP contribution in [0.5, 0.6) is 0 Å². The van der Waals surface area contributed by atoms with E-state index < -0.39 is 0 Å². The first-order valence-electron chi connectivity index (χ1n) is 7.09. The lowest BCUT2D eigenvalue weighted by atomic mass is 10.3. The van der Waals surface area contributed by atoms with Gasteiger partial charge in [-0.1, -0.05) is 6.92 Å². The zero-order valence-electron chi connectivity index (χ0n) is 11.9. The Labute approximate surface area is 117 Å². The van der Waals surface area contributed by atoms with Gasteiger partial charge in [-0.05, 0) is 13.3 Å². The van der Waals surface area contributed by atoms with Crippen LogP contribution >= 0.6 is 0 Å². The van der Waals surface area contributed by atoms with Crippen molar-refractivity contribution >= 4 is 22.9 Å². The first-order chi connectivity index (χ1) is 9.78. The summed E-state index contributed by atoms with van der Waals surface area (Å²) in [5.74, 6) is 1.54. The zero-order chi connectivity index (χ0) is 13.9. The summed E-state index contributed by atoms with van der Waals surface area (Å²) in [5, 5.41) is 3.23. The summed E-state index contributed by atoms with van der Waals surface area (Å²) in [7, 11) is 0. The Kier molecular flexibility index (Phi) is 3.68. The fourth-order valence-corrected chi connectivity index (χ4v) is 2.37. The molecule has 0 saturated carbocycles. The molecule has 1 saturated heterocycles. The maximum absolute atomic E-state index is 5.59. The normalized spacial score (nSPS) is 19.5. The second kappa shape index (κ2) is 5.62. The molecule has 0 bridgehead atoms. The quantitative estimate of drug-likeness (QED) is 0.879. The van der Waals surface area contributed by atoms with Crippen molar-refractivity contribution in [3.05, 3.63) is 6.33 Å². The molecule has 1 aliphatic heterocycles. The van der Waals surface area contributed by atoms with Crippen molar-refractivity contribution in [3.63, 3.8) is 0 Å². The minimum absolute atomic E-state index is 0.212. The molecule has 1 fully saturated rings. The number of anilines is 2. The molecule has 7 heteroatoms. The lowest BCUT2D eigenvalue weighted by Crippen LogP contribution is -2.41. The highest BCUT2D eigenvalue weighted by Gasteiger charge is 2.22. The number of morpholine rings is 1. The molecular weight excluding hydrogens is 256 g/mol. The van der Waals surface area contributed by atoms with Gasteiger partial charge in [-0.3, -0.25) is 0 Å². The first kappa shape index (κ1) is 13.1. The highest BCUT2D eigenvalue weighted by Crippen LogP contribution is 2.24. The van der Waals surface area contributed by atoms with E-state index >= 15 is 0 Å². The van der Waals surface area contributed by atoms with Crippen LogP contribution in [0.2, 0.25) is 0 Å². The van der Waals surface area contributed by atoms with E-state index in [0.717, 1.165) is 44.0 Å². The number of rotatable bonds is 4. The number of hydrogen-bond acceptors (Lipinski definition) is 6. The van der Waals surface area contributed by atoms with Crippen molar-refractivity contribution in [2.24, 2.45) is 0 Å². The number of hydrogen-bond donors (Lipinski definition) is 2. The van der Waals surface area contributed by atoms with Gasteiger partial charge in [0.05, 0.1) is 19.0 Å². The Morgan fingerprint density at radius 1 is 1.50 bits per heavy atom. The fraction of sp³-hybridized carbons (Fsp3) is 0.615. The number of imidazole rings is 1. The molecule has 2 aromatic heterocycles. The molecule has 108 valence electrons. The summed E-state index contributed by atoms with van der Waals surface area (Å²) >= 11 is 0. The smallest absolute Gasteiger partial charge is 0.226 e. The van der Waals surface area contributed by atoms with Crippen molar-refractivity contribution in [2.75, 3.05) is 36.5 Å². The number of nitrogens with one attached hydrogen (secondary N) is 2. The van der Waals surface area contributed by atoms with Gasteiger partial charge in [-0.25, -0.2) is 4.98 Å². The van der Waals surface area contributed by atoms with Crippen molar-refractivity contribution in [3.8, 4) is 0 Å². The minimum atomic E-state index is 0.212. The Morgan fingerprint density at radius 2 is 2.40 bits per heavy atom. The van der Waals surface area contributed by atoms with Crippen molar-refractivity contribution in [2.45, 2.75) is 26.4 Å². The van der Waals surface area contributed by atoms with Crippen LogP contribution < -0.4 is 10.2 Å². The number of aromatic amines is 1. The topological polar surface area (TPSA) is 79.0 Å². The van der Waals surface area contributed by atoms with Gasteiger partial charge in [-0.2, -0.15) is 9.97 Å². The van der Waals surface area contributed by atoms with Gasteiger partial charge in [0, 0.05) is 19.6 Å². The number of nitrogens with zero attached hydrogens (tertiary/aromatic N) is 4. The lowest BCUT2D eigenvalue weighted by Gasteiger charge is -2.32. The molecule has 0 amide bonds. The molecule has 3 heterocycles. The Hall–Kier alpha value is -1.89. The van der Waals surface area contributed by atoms with Gasteiger partial charge in [0.2, 0.25) is 5.95 Å². The summed E-state index contributed by atoms with van der Waals surface area (Å²) in [4.78, 5) is 18.7. The third-order valence-corrected chi connectivity index (χ3v) is 3.34. The van der Waals surface area contributed by atoms with E-state index in [0.29, 0.717) is 11.6 Å². The molecule has 0 aliphatic carbocycles. The monoisotopic (exact) mass is 276 g/mol. The van der Waals surface area contributed by atoms with E-state index in [9.17, 15) is 0 Å². The van der Waals surface area contributed by atoms with Crippen molar-refractivity contribution in [1.29, 1.82) is 0 Å². The molecule has 2 N–H and O–H groups in total. The van der Waals surface area contributed by atoms with E-state index in [1.54, 1.807) is 6.33 Å². The predicted octanol–water partition coefficient (Wildman–Crippen LogP) is 1.40. The van der Waals surface area contributed by atoms with Crippen LogP contribution in [0.1, 0.15) is 20.3 Å². The second-order valence-electron chi connectivity index (χ2n) is 5.03. The average Bonchev–Trinajstić information content (AvgIpc) is 2.92. The van der Waals surface area contributed by atoms with Gasteiger partial charge in [0.25, 0.3) is 0 Å². The molecule has 0 radical (unpaired) electrons. The molecule has 1 aliphatic rings. The Balaban J connectivity index is 1.96. The molecule has 3 rings (SSSR count). The summed E-state index contributed by atoms with van der Waals surface area (Å²) in [6.07, 6.45) is 2.91. The van der Waals surface area contributed by atoms with Crippen LogP contribution in [0.4, 0.5) is 11.8 Å². The van der Waals surface area contributed by atoms with Crippen LogP contribution in [0, 0.1) is 0 Å². The van der Waals surface area contributed by atoms with Crippen LogP contribution in [-0.4, -0.2) is 52.3 Å². The highest BCUT2D eigenvalue weighted by molar-refractivity contribution is 5.84. The van der Waals surface area contributed by atoms with Gasteiger partial charge >= 0.3 is 0 Å². The zero-order valence-corrected chi connectivity index (χ0v) is 11.9. The Morgan fingerprint density at radius 3 is 3.20 bits per heavy atom. The molecule has 1 atom stereocenters. The maximum atomic E-state index is 5.59. The van der Waals surface area contributed by atoms with E-state index in [2.05, 4.69) is 44.0 Å². The number of ether oxygens (including phenoxy) is 1. The molecule has 1 unspecified atom stereocenters. The number of fused-ring (bicyclic) bond motifs is 1. The molecule has 0 aromatic carbocycles. The lowest BCUT2D eigenvalue weighted by molar-refractivity contribution is 0.0530. The standard InChI is InChI=1S/C13H20N6O/c1-3-4-14-13-17-11-10(15-8-16-11)12(18-13)19-5-6-20-9(2)7-19/h8-9H,3-7H2,1-2H3,(H2,14,15,16,17,18). The third-order valence-electron chi connectivity index (χ3n) is 3.34. The first-order valence-corrected chi connectivity index (χ1v) is 7.09. The third kappa shape index (κ3) is 2.53. The summed E-state index contributed by atoms with van der Waals surface area (Å²) < 4.78 is 5.59. The second-order valence-corrected chi connectivity index (χ2v) is 5.03. The Bertz CT molecular complexity index is 583. The number of aromatic nitrogens is 4.